The zero-order chi connectivity index (χ0) is 22.9. The highest BCUT2D eigenvalue weighted by molar-refractivity contribution is 6.15. The van der Waals surface area contributed by atoms with E-state index in [1.54, 1.807) is 0 Å². The van der Waals surface area contributed by atoms with E-state index in [1.165, 1.54) is 37.8 Å². The van der Waals surface area contributed by atoms with Crippen molar-refractivity contribution in [2.45, 2.75) is 65.5 Å². The van der Waals surface area contributed by atoms with Crippen molar-refractivity contribution in [3.63, 3.8) is 0 Å². The van der Waals surface area contributed by atoms with E-state index in [2.05, 4.69) is 35.8 Å². The Bertz CT molecular complexity index is 1060. The molecule has 3 aliphatic rings. The van der Waals surface area contributed by atoms with Gasteiger partial charge in [-0.15, -0.1) is 0 Å². The second kappa shape index (κ2) is 9.22. The summed E-state index contributed by atoms with van der Waals surface area (Å²) in [6.07, 6.45) is 8.27. The van der Waals surface area contributed by atoms with Crippen molar-refractivity contribution in [2.24, 2.45) is 0 Å². The van der Waals surface area contributed by atoms with Gasteiger partial charge in [0.1, 0.15) is 18.2 Å². The van der Waals surface area contributed by atoms with E-state index >= 15 is 0 Å². The lowest BCUT2D eigenvalue weighted by atomic mass is 9.93. The zero-order valence-electron chi connectivity index (χ0n) is 20.0. The van der Waals surface area contributed by atoms with Crippen LogP contribution in [0.2, 0.25) is 0 Å². The average molecular weight is 447 g/mol. The van der Waals surface area contributed by atoms with Crippen molar-refractivity contribution in [1.29, 1.82) is 0 Å². The Morgan fingerprint density at radius 3 is 2.48 bits per heavy atom. The molecule has 1 aliphatic carbocycles. The third-order valence-corrected chi connectivity index (χ3v) is 7.38. The van der Waals surface area contributed by atoms with Crippen LogP contribution in [0.1, 0.15) is 73.0 Å². The van der Waals surface area contributed by atoms with Gasteiger partial charge in [0.05, 0.1) is 5.56 Å². The second-order valence-electron chi connectivity index (χ2n) is 9.38. The first kappa shape index (κ1) is 22.0. The Balaban J connectivity index is 1.38. The van der Waals surface area contributed by atoms with Crippen LogP contribution in [0.25, 0.3) is 6.08 Å². The fraction of sp³-hybridized carbons (Fsp3) is 0.464. The van der Waals surface area contributed by atoms with Gasteiger partial charge in [0, 0.05) is 42.5 Å². The first-order valence-electron chi connectivity index (χ1n) is 12.4. The number of benzene rings is 2. The van der Waals surface area contributed by atoms with Crippen LogP contribution in [-0.4, -0.2) is 36.5 Å². The van der Waals surface area contributed by atoms with E-state index in [9.17, 15) is 4.79 Å². The Labute approximate surface area is 197 Å². The van der Waals surface area contributed by atoms with E-state index < -0.39 is 0 Å². The molecule has 174 valence electrons. The molecule has 2 aromatic rings. The molecule has 1 saturated carbocycles. The summed E-state index contributed by atoms with van der Waals surface area (Å²) >= 11 is 0. The number of carbonyl (C=O) groups excluding carboxylic acids is 1. The molecule has 0 aromatic heterocycles. The molecule has 2 aromatic carbocycles. The summed E-state index contributed by atoms with van der Waals surface area (Å²) in [7, 11) is 0. The number of ether oxygens (including phenoxy) is 2. The highest BCUT2D eigenvalue weighted by Gasteiger charge is 2.34. The lowest BCUT2D eigenvalue weighted by Gasteiger charge is -2.37. The SMILES string of the molecule is CCN(CC)c1ccc(/C=C2\Oc3c(cc4c(c3C)OCN(C3CCCCC3)C4)C2=O)cc1. The number of fused-ring (bicyclic) bond motifs is 2. The normalized spacial score (nSPS) is 19.7. The van der Waals surface area contributed by atoms with E-state index in [0.29, 0.717) is 29.8 Å². The van der Waals surface area contributed by atoms with Crippen molar-refractivity contribution >= 4 is 17.5 Å². The van der Waals surface area contributed by atoms with Crippen LogP contribution < -0.4 is 14.4 Å². The van der Waals surface area contributed by atoms with Gasteiger partial charge in [-0.05, 0) is 63.5 Å². The molecule has 0 saturated heterocycles. The summed E-state index contributed by atoms with van der Waals surface area (Å²) in [5.74, 6) is 1.88. The topological polar surface area (TPSA) is 42.0 Å². The number of Topliss-reactive ketones (excluding diaryl/α,β-unsaturated/α-hetero) is 1. The first-order chi connectivity index (χ1) is 16.1. The fourth-order valence-electron chi connectivity index (χ4n) is 5.47. The Morgan fingerprint density at radius 1 is 1.06 bits per heavy atom. The van der Waals surface area contributed by atoms with Gasteiger partial charge >= 0.3 is 0 Å². The number of anilines is 1. The largest absolute Gasteiger partial charge is 0.477 e. The summed E-state index contributed by atoms with van der Waals surface area (Å²) in [5, 5.41) is 0. The molecule has 0 N–H and O–H groups in total. The zero-order valence-corrected chi connectivity index (χ0v) is 20.0. The Hall–Kier alpha value is -2.79. The molecular weight excluding hydrogens is 412 g/mol. The van der Waals surface area contributed by atoms with Gasteiger partial charge in [-0.25, -0.2) is 0 Å². The number of ketones is 1. The number of carbonyl (C=O) groups is 1. The number of nitrogens with zero attached hydrogens (tertiary/aromatic N) is 2. The highest BCUT2D eigenvalue weighted by Crippen LogP contribution is 2.44. The molecule has 0 unspecified atom stereocenters. The molecule has 5 nitrogen and oxygen atoms in total. The minimum atomic E-state index is -0.0430. The standard InChI is InChI=1S/C28H34N2O3/c1-4-29(5-2)23-13-11-20(12-14-23)15-25-26(31)24-16-21-17-30(22-9-7-6-8-10-22)18-32-27(21)19(3)28(24)33-25/h11-16,22H,4-10,17-18H2,1-3H3/b25-15-. The van der Waals surface area contributed by atoms with Crippen molar-refractivity contribution in [3.8, 4) is 11.5 Å². The van der Waals surface area contributed by atoms with Gasteiger partial charge in [0.2, 0.25) is 5.78 Å². The fourth-order valence-corrected chi connectivity index (χ4v) is 5.47. The summed E-state index contributed by atoms with van der Waals surface area (Å²) in [6, 6.07) is 10.9. The lowest BCUT2D eigenvalue weighted by Crippen LogP contribution is -2.41. The molecule has 5 heteroatoms. The Morgan fingerprint density at radius 2 is 1.79 bits per heavy atom. The van der Waals surface area contributed by atoms with Gasteiger partial charge in [-0.2, -0.15) is 0 Å². The monoisotopic (exact) mass is 446 g/mol. The van der Waals surface area contributed by atoms with Crippen molar-refractivity contribution in [2.75, 3.05) is 24.7 Å². The summed E-state index contributed by atoms with van der Waals surface area (Å²) in [6.45, 7) is 9.71. The van der Waals surface area contributed by atoms with Crippen LogP contribution in [0.15, 0.2) is 36.1 Å². The maximum absolute atomic E-state index is 13.2. The predicted molar refractivity (Wildman–Crippen MR) is 132 cm³/mol. The smallest absolute Gasteiger partial charge is 0.231 e. The molecule has 1 fully saturated rings. The van der Waals surface area contributed by atoms with Crippen molar-refractivity contribution < 1.29 is 14.3 Å². The van der Waals surface area contributed by atoms with Gasteiger partial charge in [-0.3, -0.25) is 9.69 Å². The van der Waals surface area contributed by atoms with Crippen molar-refractivity contribution in [1.82, 2.24) is 4.90 Å². The molecular formula is C28H34N2O3. The van der Waals surface area contributed by atoms with Gasteiger partial charge in [0.15, 0.2) is 5.76 Å². The summed E-state index contributed by atoms with van der Waals surface area (Å²) in [4.78, 5) is 18.0. The number of rotatable bonds is 5. The third-order valence-electron chi connectivity index (χ3n) is 7.38. The van der Waals surface area contributed by atoms with E-state index in [0.717, 1.165) is 42.1 Å². The van der Waals surface area contributed by atoms with Crippen LogP contribution in [0.5, 0.6) is 11.5 Å². The van der Waals surface area contributed by atoms with Crippen LogP contribution in [0.3, 0.4) is 0 Å². The molecule has 0 amide bonds. The molecule has 0 bridgehead atoms. The summed E-state index contributed by atoms with van der Waals surface area (Å²) in [5.41, 5.74) is 4.84. The van der Waals surface area contributed by atoms with Crippen LogP contribution in [0, 0.1) is 6.92 Å². The minimum absolute atomic E-state index is 0.0430. The molecule has 2 aliphatic heterocycles. The molecule has 33 heavy (non-hydrogen) atoms. The van der Waals surface area contributed by atoms with E-state index in [-0.39, 0.29) is 5.78 Å². The van der Waals surface area contributed by atoms with Gasteiger partial charge < -0.3 is 14.4 Å². The molecule has 0 atom stereocenters. The number of hydrogen-bond acceptors (Lipinski definition) is 5. The quantitative estimate of drug-likeness (QED) is 0.532. The Kier molecular flexibility index (Phi) is 6.15. The van der Waals surface area contributed by atoms with Crippen LogP contribution in [-0.2, 0) is 6.54 Å². The van der Waals surface area contributed by atoms with Crippen molar-refractivity contribution in [3.05, 3.63) is 58.3 Å². The maximum atomic E-state index is 13.2. The number of allylic oxidation sites excluding steroid dienone is 1. The first-order valence-corrected chi connectivity index (χ1v) is 12.4. The molecule has 0 radical (unpaired) electrons. The maximum Gasteiger partial charge on any atom is 0.231 e. The minimum Gasteiger partial charge on any atom is -0.477 e. The average Bonchev–Trinajstić information content (AvgIpc) is 3.16. The van der Waals surface area contributed by atoms with Crippen LogP contribution in [0.4, 0.5) is 5.69 Å². The van der Waals surface area contributed by atoms with E-state index in [1.807, 2.05) is 31.2 Å². The lowest BCUT2D eigenvalue weighted by molar-refractivity contribution is 0.0397. The second-order valence-corrected chi connectivity index (χ2v) is 9.38. The van der Waals surface area contributed by atoms with Gasteiger partial charge in [0.25, 0.3) is 0 Å². The summed E-state index contributed by atoms with van der Waals surface area (Å²) < 4.78 is 12.3. The number of hydrogen-bond donors (Lipinski definition) is 0. The van der Waals surface area contributed by atoms with Gasteiger partial charge in [-0.1, -0.05) is 31.4 Å². The molecule has 0 spiro atoms. The van der Waals surface area contributed by atoms with Crippen LogP contribution >= 0.6 is 0 Å². The highest BCUT2D eigenvalue weighted by atomic mass is 16.5. The predicted octanol–water partition coefficient (Wildman–Crippen LogP) is 5.94. The van der Waals surface area contributed by atoms with E-state index in [4.69, 9.17) is 9.47 Å². The third kappa shape index (κ3) is 4.15. The molecule has 5 rings (SSSR count). The molecule has 2 heterocycles.